The van der Waals surface area contributed by atoms with Crippen molar-refractivity contribution in [2.45, 2.75) is 0 Å². The Morgan fingerprint density at radius 2 is 2.04 bits per heavy atom. The summed E-state index contributed by atoms with van der Waals surface area (Å²) in [6, 6.07) is 3.48. The quantitative estimate of drug-likeness (QED) is 0.518. The van der Waals surface area contributed by atoms with Crippen molar-refractivity contribution in [1.82, 2.24) is 9.80 Å². The molecule has 2 aliphatic heterocycles. The van der Waals surface area contributed by atoms with Gasteiger partial charge in [0.15, 0.2) is 3.77 Å². The molecule has 0 N–H and O–H groups in total. The van der Waals surface area contributed by atoms with Crippen LogP contribution in [0.5, 0.6) is 0 Å². The lowest BCUT2D eigenvalue weighted by atomic mass is 10.3. The van der Waals surface area contributed by atoms with Crippen molar-refractivity contribution in [3.05, 3.63) is 26.6 Å². The third kappa shape index (κ3) is 3.78. The molecule has 3 amide bonds. The summed E-state index contributed by atoms with van der Waals surface area (Å²) >= 11 is 2.83. The van der Waals surface area contributed by atoms with Gasteiger partial charge in [0.1, 0.15) is 12.3 Å². The second-order valence-electron chi connectivity index (χ2n) is 4.90. The van der Waals surface area contributed by atoms with Crippen LogP contribution in [-0.4, -0.2) is 59.7 Å². The second-order valence-corrected chi connectivity index (χ2v) is 6.96. The number of imide groups is 1. The van der Waals surface area contributed by atoms with Crippen molar-refractivity contribution in [2.24, 2.45) is 0 Å². The third-order valence-corrected chi connectivity index (χ3v) is 4.89. The molecule has 23 heavy (non-hydrogen) atoms. The van der Waals surface area contributed by atoms with Crippen LogP contribution in [0.25, 0.3) is 6.08 Å². The van der Waals surface area contributed by atoms with E-state index in [1.807, 2.05) is 22.6 Å². The van der Waals surface area contributed by atoms with Crippen molar-refractivity contribution < 1.29 is 23.5 Å². The van der Waals surface area contributed by atoms with E-state index in [-0.39, 0.29) is 17.4 Å². The molecule has 0 bridgehead atoms. The zero-order valence-corrected chi connectivity index (χ0v) is 15.0. The van der Waals surface area contributed by atoms with Gasteiger partial charge < -0.3 is 14.1 Å². The minimum atomic E-state index is -0.465. The normalized spacial score (nSPS) is 20.7. The molecule has 2 saturated heterocycles. The molecule has 1 aromatic heterocycles. The number of furan rings is 1. The van der Waals surface area contributed by atoms with Crippen LogP contribution in [0.15, 0.2) is 21.5 Å². The number of halogens is 1. The number of nitrogens with zero attached hydrogens (tertiary/aromatic N) is 2. The smallest absolute Gasteiger partial charge is 0.294 e. The Hall–Kier alpha value is -1.33. The minimum absolute atomic E-state index is 0.238. The summed E-state index contributed by atoms with van der Waals surface area (Å²) in [5.41, 5.74) is 0. The van der Waals surface area contributed by atoms with Crippen LogP contribution >= 0.6 is 34.4 Å². The molecule has 9 heteroatoms. The lowest BCUT2D eigenvalue weighted by Crippen LogP contribution is -2.46. The molecule has 0 spiro atoms. The molecule has 0 aromatic carbocycles. The number of morpholine rings is 1. The first-order valence-corrected chi connectivity index (χ1v) is 8.80. The zero-order chi connectivity index (χ0) is 16.4. The van der Waals surface area contributed by atoms with Gasteiger partial charge in [0.25, 0.3) is 11.1 Å². The van der Waals surface area contributed by atoms with Gasteiger partial charge >= 0.3 is 0 Å². The average Bonchev–Trinajstić information content (AvgIpc) is 3.07. The van der Waals surface area contributed by atoms with Crippen LogP contribution < -0.4 is 0 Å². The topological polar surface area (TPSA) is 80.1 Å². The standard InChI is InChI=1S/C14H13IN2O5S/c15-11-2-1-9(22-11)7-10-13(19)17(14(20)23-10)8-12(18)16-3-5-21-6-4-16/h1-2,7H,3-6,8H2. The van der Waals surface area contributed by atoms with E-state index in [1.54, 1.807) is 17.0 Å². The Balaban J connectivity index is 1.68. The molecule has 3 heterocycles. The molecule has 0 radical (unpaired) electrons. The number of thioether (sulfide) groups is 1. The van der Waals surface area contributed by atoms with E-state index in [0.717, 1.165) is 16.7 Å². The summed E-state index contributed by atoms with van der Waals surface area (Å²) < 4.78 is 11.2. The summed E-state index contributed by atoms with van der Waals surface area (Å²) in [6.45, 7) is 1.68. The average molecular weight is 448 g/mol. The first kappa shape index (κ1) is 16.5. The van der Waals surface area contributed by atoms with Crippen LogP contribution in [0.3, 0.4) is 0 Å². The molecule has 0 aliphatic carbocycles. The third-order valence-electron chi connectivity index (χ3n) is 3.40. The minimum Gasteiger partial charge on any atom is -0.451 e. The Labute approximate surface area is 150 Å². The summed E-state index contributed by atoms with van der Waals surface area (Å²) in [5.74, 6) is -0.211. The summed E-state index contributed by atoms with van der Waals surface area (Å²) in [6.07, 6.45) is 1.52. The Bertz CT molecular complexity index is 680. The molecule has 0 saturated carbocycles. The molecular formula is C14H13IN2O5S. The molecule has 3 rings (SSSR count). The number of ether oxygens (including phenoxy) is 1. The molecule has 2 fully saturated rings. The number of hydrogen-bond acceptors (Lipinski definition) is 6. The highest BCUT2D eigenvalue weighted by molar-refractivity contribution is 14.1. The largest absolute Gasteiger partial charge is 0.451 e. The summed E-state index contributed by atoms with van der Waals surface area (Å²) in [7, 11) is 0. The van der Waals surface area contributed by atoms with E-state index in [1.165, 1.54) is 6.08 Å². The summed E-state index contributed by atoms with van der Waals surface area (Å²) in [5, 5.41) is -0.441. The van der Waals surface area contributed by atoms with Gasteiger partial charge in [-0.3, -0.25) is 19.3 Å². The van der Waals surface area contributed by atoms with Gasteiger partial charge in [0.05, 0.1) is 18.1 Å². The highest BCUT2D eigenvalue weighted by atomic mass is 127. The van der Waals surface area contributed by atoms with Gasteiger partial charge in [-0.25, -0.2) is 0 Å². The van der Waals surface area contributed by atoms with Crippen molar-refractivity contribution in [1.29, 1.82) is 0 Å². The first-order valence-electron chi connectivity index (χ1n) is 6.91. The number of rotatable bonds is 3. The summed E-state index contributed by atoms with van der Waals surface area (Å²) in [4.78, 5) is 39.4. The zero-order valence-electron chi connectivity index (χ0n) is 12.0. The molecular weight excluding hydrogens is 435 g/mol. The Morgan fingerprint density at radius 1 is 1.30 bits per heavy atom. The second kappa shape index (κ2) is 7.05. The number of carbonyl (C=O) groups excluding carboxylic acids is 3. The predicted octanol–water partition coefficient (Wildman–Crippen LogP) is 1.78. The van der Waals surface area contributed by atoms with Crippen molar-refractivity contribution in [3.63, 3.8) is 0 Å². The predicted molar refractivity (Wildman–Crippen MR) is 91.5 cm³/mol. The van der Waals surface area contributed by atoms with Crippen LogP contribution in [-0.2, 0) is 14.3 Å². The van der Waals surface area contributed by atoms with Crippen LogP contribution in [0, 0.1) is 3.77 Å². The Morgan fingerprint density at radius 3 is 2.70 bits per heavy atom. The fourth-order valence-corrected chi connectivity index (χ4v) is 3.47. The van der Waals surface area contributed by atoms with Crippen LogP contribution in [0.1, 0.15) is 5.76 Å². The van der Waals surface area contributed by atoms with E-state index >= 15 is 0 Å². The SMILES string of the molecule is O=C(CN1C(=O)SC(=Cc2ccc(I)o2)C1=O)N1CCOCC1. The Kier molecular flexibility index (Phi) is 5.07. The fraction of sp³-hybridized carbons (Fsp3) is 0.357. The molecule has 2 aliphatic rings. The maximum atomic E-state index is 12.3. The highest BCUT2D eigenvalue weighted by Gasteiger charge is 2.37. The highest BCUT2D eigenvalue weighted by Crippen LogP contribution is 2.32. The molecule has 1 aromatic rings. The number of hydrogen-bond donors (Lipinski definition) is 0. The lowest BCUT2D eigenvalue weighted by Gasteiger charge is -2.27. The van der Waals surface area contributed by atoms with E-state index in [9.17, 15) is 14.4 Å². The van der Waals surface area contributed by atoms with Gasteiger partial charge in [-0.05, 0) is 46.5 Å². The van der Waals surface area contributed by atoms with Crippen molar-refractivity contribution >= 4 is 57.5 Å². The van der Waals surface area contributed by atoms with Crippen LogP contribution in [0.2, 0.25) is 0 Å². The molecule has 0 atom stereocenters. The molecule has 0 unspecified atom stereocenters. The van der Waals surface area contributed by atoms with E-state index in [0.29, 0.717) is 35.8 Å². The molecule has 122 valence electrons. The van der Waals surface area contributed by atoms with Gasteiger partial charge in [0, 0.05) is 19.2 Å². The van der Waals surface area contributed by atoms with Crippen molar-refractivity contribution in [2.75, 3.05) is 32.8 Å². The van der Waals surface area contributed by atoms with E-state index < -0.39 is 11.1 Å². The maximum absolute atomic E-state index is 12.3. The van der Waals surface area contributed by atoms with Gasteiger partial charge in [-0.2, -0.15) is 0 Å². The fourth-order valence-electron chi connectivity index (χ4n) is 2.22. The lowest BCUT2D eigenvalue weighted by molar-refractivity contribution is -0.139. The molecule has 7 nitrogen and oxygen atoms in total. The van der Waals surface area contributed by atoms with Gasteiger partial charge in [-0.1, -0.05) is 0 Å². The van der Waals surface area contributed by atoms with Crippen LogP contribution in [0.4, 0.5) is 4.79 Å². The maximum Gasteiger partial charge on any atom is 0.294 e. The number of carbonyl (C=O) groups is 3. The monoisotopic (exact) mass is 448 g/mol. The van der Waals surface area contributed by atoms with E-state index in [2.05, 4.69) is 0 Å². The van der Waals surface area contributed by atoms with Gasteiger partial charge in [0.2, 0.25) is 5.91 Å². The number of amides is 3. The first-order chi connectivity index (χ1) is 11.0. The van der Waals surface area contributed by atoms with Gasteiger partial charge in [-0.15, -0.1) is 0 Å². The van der Waals surface area contributed by atoms with E-state index in [4.69, 9.17) is 9.15 Å². The van der Waals surface area contributed by atoms with Crippen molar-refractivity contribution in [3.8, 4) is 0 Å².